The Hall–Kier alpha value is -2.60. The number of nitrogens with zero attached hydrogens (tertiary/aromatic N) is 2. The van der Waals surface area contributed by atoms with E-state index in [1.807, 2.05) is 12.1 Å². The third-order valence-electron chi connectivity index (χ3n) is 4.48. The summed E-state index contributed by atoms with van der Waals surface area (Å²) in [6.45, 7) is 3.73. The first-order valence-electron chi connectivity index (χ1n) is 8.59. The van der Waals surface area contributed by atoms with Crippen LogP contribution in [-0.2, 0) is 11.3 Å². The molecule has 0 radical (unpaired) electrons. The highest BCUT2D eigenvalue weighted by Gasteiger charge is 2.15. The molecule has 0 atom stereocenters. The topological polar surface area (TPSA) is 42.0 Å². The fourth-order valence-electron chi connectivity index (χ4n) is 3.00. The maximum absolute atomic E-state index is 13.8. The van der Waals surface area contributed by atoms with Crippen LogP contribution in [0.2, 0.25) is 0 Å². The molecule has 1 amide bonds. The zero-order chi connectivity index (χ0) is 18.5. The third-order valence-corrected chi connectivity index (χ3v) is 4.48. The van der Waals surface area contributed by atoms with E-state index < -0.39 is 5.82 Å². The number of halogens is 1. The van der Waals surface area contributed by atoms with Crippen LogP contribution >= 0.6 is 0 Å². The number of ether oxygens (including phenoxy) is 2. The van der Waals surface area contributed by atoms with Crippen LogP contribution in [0.15, 0.2) is 42.5 Å². The summed E-state index contributed by atoms with van der Waals surface area (Å²) in [5.41, 5.74) is 2.48. The van der Waals surface area contributed by atoms with Crippen molar-refractivity contribution in [2.75, 3.05) is 45.4 Å². The summed E-state index contributed by atoms with van der Waals surface area (Å²) in [7, 11) is 3.10. The number of carbonyl (C=O) groups excluding carboxylic acids is 1. The van der Waals surface area contributed by atoms with Crippen molar-refractivity contribution in [1.29, 1.82) is 0 Å². The normalized spacial score (nSPS) is 14.2. The van der Waals surface area contributed by atoms with E-state index in [-0.39, 0.29) is 11.7 Å². The molecule has 1 heterocycles. The molecule has 0 saturated carbocycles. The Bertz CT molecular complexity index is 758. The average Bonchev–Trinajstić information content (AvgIpc) is 2.68. The number of morpholine rings is 1. The first-order chi connectivity index (χ1) is 12.6. The van der Waals surface area contributed by atoms with Gasteiger partial charge in [-0.2, -0.15) is 0 Å². The molecule has 5 nitrogen and oxygen atoms in total. The maximum Gasteiger partial charge on any atom is 0.254 e. The predicted octanol–water partition coefficient (Wildman–Crippen LogP) is 2.94. The molecule has 138 valence electrons. The molecule has 2 aromatic carbocycles. The summed E-state index contributed by atoms with van der Waals surface area (Å²) in [6, 6.07) is 12.4. The Labute approximate surface area is 152 Å². The number of carbonyl (C=O) groups is 1. The van der Waals surface area contributed by atoms with Crippen LogP contribution in [0.1, 0.15) is 15.9 Å². The van der Waals surface area contributed by atoms with E-state index in [1.54, 1.807) is 18.0 Å². The largest absolute Gasteiger partial charge is 0.494 e. The van der Waals surface area contributed by atoms with Crippen molar-refractivity contribution in [3.8, 4) is 5.75 Å². The molecule has 26 heavy (non-hydrogen) atoms. The van der Waals surface area contributed by atoms with E-state index in [4.69, 9.17) is 9.47 Å². The zero-order valence-corrected chi connectivity index (χ0v) is 15.1. The summed E-state index contributed by atoms with van der Waals surface area (Å²) in [5.74, 6) is -0.645. The van der Waals surface area contributed by atoms with Gasteiger partial charge in [0, 0.05) is 37.9 Å². The number of rotatable bonds is 5. The number of anilines is 1. The van der Waals surface area contributed by atoms with Crippen molar-refractivity contribution in [3.63, 3.8) is 0 Å². The highest BCUT2D eigenvalue weighted by Crippen LogP contribution is 2.20. The lowest BCUT2D eigenvalue weighted by atomic mass is 10.1. The zero-order valence-electron chi connectivity index (χ0n) is 15.1. The van der Waals surface area contributed by atoms with Crippen LogP contribution in [0.4, 0.5) is 10.1 Å². The minimum absolute atomic E-state index is 0.128. The molecule has 0 aromatic heterocycles. The molecule has 1 saturated heterocycles. The van der Waals surface area contributed by atoms with Crippen LogP contribution < -0.4 is 9.64 Å². The van der Waals surface area contributed by atoms with Gasteiger partial charge in [-0.05, 0) is 35.9 Å². The summed E-state index contributed by atoms with van der Waals surface area (Å²) < 4.78 is 24.1. The lowest BCUT2D eigenvalue weighted by Gasteiger charge is -2.29. The van der Waals surface area contributed by atoms with Gasteiger partial charge in [0.2, 0.25) is 0 Å². The summed E-state index contributed by atoms with van der Waals surface area (Å²) in [4.78, 5) is 16.4. The van der Waals surface area contributed by atoms with Gasteiger partial charge in [0.25, 0.3) is 5.91 Å². The second kappa shape index (κ2) is 8.19. The fraction of sp³-hybridized carbons (Fsp3) is 0.350. The van der Waals surface area contributed by atoms with Gasteiger partial charge in [-0.3, -0.25) is 4.79 Å². The number of hydrogen-bond donors (Lipinski definition) is 0. The molecule has 0 bridgehead atoms. The van der Waals surface area contributed by atoms with E-state index in [0.717, 1.165) is 37.6 Å². The molecule has 1 aliphatic rings. The number of methoxy groups -OCH3 is 1. The van der Waals surface area contributed by atoms with Gasteiger partial charge in [0.15, 0.2) is 11.6 Å². The van der Waals surface area contributed by atoms with Crippen LogP contribution in [0.5, 0.6) is 5.75 Å². The van der Waals surface area contributed by atoms with Crippen molar-refractivity contribution in [3.05, 3.63) is 59.4 Å². The lowest BCUT2D eigenvalue weighted by Crippen LogP contribution is -2.36. The van der Waals surface area contributed by atoms with Crippen LogP contribution in [0.3, 0.4) is 0 Å². The minimum atomic E-state index is -0.540. The van der Waals surface area contributed by atoms with Crippen LogP contribution in [-0.4, -0.2) is 51.3 Å². The van der Waals surface area contributed by atoms with Gasteiger partial charge < -0.3 is 19.3 Å². The summed E-state index contributed by atoms with van der Waals surface area (Å²) in [6.07, 6.45) is 0. The van der Waals surface area contributed by atoms with Crippen LogP contribution in [0, 0.1) is 5.82 Å². The maximum atomic E-state index is 13.8. The van der Waals surface area contributed by atoms with Crippen molar-refractivity contribution in [2.45, 2.75) is 6.54 Å². The Balaban J connectivity index is 1.64. The van der Waals surface area contributed by atoms with Crippen molar-refractivity contribution >= 4 is 11.6 Å². The Morgan fingerprint density at radius 2 is 1.88 bits per heavy atom. The first kappa shape index (κ1) is 18.2. The second-order valence-electron chi connectivity index (χ2n) is 6.28. The van der Waals surface area contributed by atoms with E-state index in [2.05, 4.69) is 17.0 Å². The standard InChI is InChI=1S/C20H23FN2O3/c1-22(20(24)16-5-8-19(25-2)18(21)13-16)14-15-3-6-17(7-4-15)23-9-11-26-12-10-23/h3-8,13H,9-12,14H2,1-2H3. The SMILES string of the molecule is COc1ccc(C(=O)N(C)Cc2ccc(N3CCOCC3)cc2)cc1F. The molecular formula is C20H23FN2O3. The van der Waals surface area contributed by atoms with Gasteiger partial charge >= 0.3 is 0 Å². The van der Waals surface area contributed by atoms with E-state index in [1.165, 1.54) is 19.2 Å². The van der Waals surface area contributed by atoms with Gasteiger partial charge in [-0.15, -0.1) is 0 Å². The Kier molecular flexibility index (Phi) is 5.73. The van der Waals surface area contributed by atoms with Crippen molar-refractivity contribution in [2.24, 2.45) is 0 Å². The molecule has 6 heteroatoms. The second-order valence-corrected chi connectivity index (χ2v) is 6.28. The number of benzene rings is 2. The van der Waals surface area contributed by atoms with Gasteiger partial charge in [0.05, 0.1) is 20.3 Å². The minimum Gasteiger partial charge on any atom is -0.494 e. The Morgan fingerprint density at radius 3 is 2.50 bits per heavy atom. The highest BCUT2D eigenvalue weighted by atomic mass is 19.1. The lowest BCUT2D eigenvalue weighted by molar-refractivity contribution is 0.0784. The predicted molar refractivity (Wildman–Crippen MR) is 98.2 cm³/mol. The molecule has 1 fully saturated rings. The van der Waals surface area contributed by atoms with Crippen molar-refractivity contribution in [1.82, 2.24) is 4.90 Å². The van der Waals surface area contributed by atoms with Gasteiger partial charge in [0.1, 0.15) is 0 Å². The smallest absolute Gasteiger partial charge is 0.254 e. The highest BCUT2D eigenvalue weighted by molar-refractivity contribution is 5.94. The quantitative estimate of drug-likeness (QED) is 0.824. The summed E-state index contributed by atoms with van der Waals surface area (Å²) >= 11 is 0. The number of hydrogen-bond acceptors (Lipinski definition) is 4. The van der Waals surface area contributed by atoms with E-state index in [0.29, 0.717) is 12.1 Å². The summed E-state index contributed by atoms with van der Waals surface area (Å²) in [5, 5.41) is 0. The molecule has 3 rings (SSSR count). The van der Waals surface area contributed by atoms with E-state index >= 15 is 0 Å². The molecule has 0 spiro atoms. The average molecular weight is 358 g/mol. The molecule has 0 N–H and O–H groups in total. The molecule has 2 aromatic rings. The Morgan fingerprint density at radius 1 is 1.19 bits per heavy atom. The molecule has 1 aliphatic heterocycles. The fourth-order valence-corrected chi connectivity index (χ4v) is 3.00. The van der Waals surface area contributed by atoms with Crippen LogP contribution in [0.25, 0.3) is 0 Å². The van der Waals surface area contributed by atoms with Gasteiger partial charge in [-0.1, -0.05) is 12.1 Å². The molecule has 0 unspecified atom stereocenters. The molecular weight excluding hydrogens is 335 g/mol. The van der Waals surface area contributed by atoms with Crippen molar-refractivity contribution < 1.29 is 18.7 Å². The molecule has 0 aliphatic carbocycles. The first-order valence-corrected chi connectivity index (χ1v) is 8.59. The third kappa shape index (κ3) is 4.14. The monoisotopic (exact) mass is 358 g/mol. The number of amides is 1. The van der Waals surface area contributed by atoms with Gasteiger partial charge in [-0.25, -0.2) is 4.39 Å². The van der Waals surface area contributed by atoms with E-state index in [9.17, 15) is 9.18 Å².